The molecule has 0 spiro atoms. The average molecular weight is 461 g/mol. The zero-order valence-electron chi connectivity index (χ0n) is 20.2. The first-order valence-electron chi connectivity index (χ1n) is 11.5. The highest BCUT2D eigenvalue weighted by atomic mass is 16.5. The van der Waals surface area contributed by atoms with E-state index in [2.05, 4.69) is 13.0 Å². The Bertz CT molecular complexity index is 1320. The maximum atomic E-state index is 6.39. The van der Waals surface area contributed by atoms with Gasteiger partial charge in [0.15, 0.2) is 11.5 Å². The first kappa shape index (κ1) is 23.7. The van der Waals surface area contributed by atoms with E-state index in [0.29, 0.717) is 24.5 Å². The molecule has 2 aromatic heterocycles. The first-order valence-corrected chi connectivity index (χ1v) is 11.5. The Morgan fingerprint density at radius 1 is 0.912 bits per heavy atom. The van der Waals surface area contributed by atoms with Crippen LogP contribution in [0.25, 0.3) is 21.7 Å². The number of nitrogens with zero attached hydrogens (tertiary/aromatic N) is 2. The van der Waals surface area contributed by atoms with Crippen LogP contribution in [0.2, 0.25) is 0 Å². The highest BCUT2D eigenvalue weighted by Crippen LogP contribution is 2.36. The van der Waals surface area contributed by atoms with Gasteiger partial charge in [0, 0.05) is 35.6 Å². The third-order valence-corrected chi connectivity index (χ3v) is 6.16. The van der Waals surface area contributed by atoms with Gasteiger partial charge in [-0.15, -0.1) is 0 Å². The molecule has 0 saturated heterocycles. The average Bonchev–Trinajstić information content (AvgIpc) is 2.87. The van der Waals surface area contributed by atoms with E-state index >= 15 is 0 Å². The highest BCUT2D eigenvalue weighted by molar-refractivity contribution is 5.91. The number of hydrogen-bond acceptors (Lipinski definition) is 7. The van der Waals surface area contributed by atoms with Gasteiger partial charge in [0.05, 0.1) is 38.6 Å². The molecule has 178 valence electrons. The maximum absolute atomic E-state index is 6.39. The van der Waals surface area contributed by atoms with Crippen LogP contribution in [-0.2, 0) is 12.8 Å². The fraction of sp³-hybridized carbons (Fsp3) is 0.333. The van der Waals surface area contributed by atoms with Crippen LogP contribution in [0, 0.1) is 0 Å². The Labute approximate surface area is 200 Å². The molecule has 1 unspecified atom stereocenters. The Morgan fingerprint density at radius 2 is 1.65 bits per heavy atom. The van der Waals surface area contributed by atoms with E-state index in [9.17, 15) is 0 Å². The number of rotatable bonds is 9. The van der Waals surface area contributed by atoms with Gasteiger partial charge in [-0.25, -0.2) is 0 Å². The molecule has 0 fully saturated rings. The van der Waals surface area contributed by atoms with E-state index in [4.69, 9.17) is 35.6 Å². The molecule has 0 radical (unpaired) electrons. The summed E-state index contributed by atoms with van der Waals surface area (Å²) in [6, 6.07) is 11.6. The number of nitrogens with two attached hydrogens (primary N) is 2. The van der Waals surface area contributed by atoms with Crippen LogP contribution in [-0.4, -0.2) is 37.8 Å². The standard InChI is InChI=1S/C27H32N4O3/c1-5-6-24-21-13-26(34-4)25(33-3)12-20(21)18(15-30-24)10-17-9-16-11-19(32-2)7-8-23(16)31-27(17)22(29)14-28/h7-9,11-13,15,22H,5-6,10,14,28-29H2,1-4H3. The highest BCUT2D eigenvalue weighted by Gasteiger charge is 2.18. The van der Waals surface area contributed by atoms with Crippen molar-refractivity contribution in [2.45, 2.75) is 32.2 Å². The number of pyridine rings is 2. The minimum Gasteiger partial charge on any atom is -0.497 e. The number of ether oxygens (including phenoxy) is 3. The number of methoxy groups -OCH3 is 3. The summed E-state index contributed by atoms with van der Waals surface area (Å²) in [4.78, 5) is 9.70. The van der Waals surface area contributed by atoms with Crippen LogP contribution < -0.4 is 25.7 Å². The van der Waals surface area contributed by atoms with Gasteiger partial charge in [0.25, 0.3) is 0 Å². The molecule has 7 nitrogen and oxygen atoms in total. The van der Waals surface area contributed by atoms with E-state index < -0.39 is 0 Å². The Kier molecular flexibility index (Phi) is 7.14. The van der Waals surface area contributed by atoms with Crippen LogP contribution in [0.1, 0.15) is 41.9 Å². The molecule has 0 aliphatic rings. The minimum absolute atomic E-state index is 0.307. The molecule has 0 aliphatic carbocycles. The Balaban J connectivity index is 1.91. The van der Waals surface area contributed by atoms with Crippen LogP contribution in [0.4, 0.5) is 0 Å². The van der Waals surface area contributed by atoms with Gasteiger partial charge in [-0.3, -0.25) is 9.97 Å². The Hall–Kier alpha value is -3.42. The summed E-state index contributed by atoms with van der Waals surface area (Å²) in [5, 5.41) is 3.13. The first-order chi connectivity index (χ1) is 16.5. The lowest BCUT2D eigenvalue weighted by atomic mass is 9.94. The summed E-state index contributed by atoms with van der Waals surface area (Å²) in [7, 11) is 4.96. The van der Waals surface area contributed by atoms with Crippen LogP contribution in [0.5, 0.6) is 17.2 Å². The fourth-order valence-electron chi connectivity index (χ4n) is 4.37. The zero-order chi connectivity index (χ0) is 24.2. The molecule has 1 atom stereocenters. The number of benzene rings is 2. The van der Waals surface area contributed by atoms with Gasteiger partial charge < -0.3 is 25.7 Å². The zero-order valence-corrected chi connectivity index (χ0v) is 20.2. The molecule has 4 aromatic rings. The minimum atomic E-state index is -0.366. The van der Waals surface area contributed by atoms with Crippen molar-refractivity contribution in [2.24, 2.45) is 11.5 Å². The molecule has 4 N–H and O–H groups in total. The van der Waals surface area contributed by atoms with Crippen LogP contribution >= 0.6 is 0 Å². The fourth-order valence-corrected chi connectivity index (χ4v) is 4.37. The molecule has 7 heteroatoms. The van der Waals surface area contributed by atoms with Gasteiger partial charge in [-0.2, -0.15) is 0 Å². The number of hydrogen-bond donors (Lipinski definition) is 2. The second-order valence-corrected chi connectivity index (χ2v) is 8.34. The van der Waals surface area contributed by atoms with Gasteiger partial charge in [-0.05, 0) is 59.3 Å². The van der Waals surface area contributed by atoms with E-state index in [1.165, 1.54) is 0 Å². The summed E-state index contributed by atoms with van der Waals surface area (Å²) in [6.45, 7) is 2.46. The van der Waals surface area contributed by atoms with Crippen LogP contribution in [0.15, 0.2) is 42.6 Å². The SMILES string of the molecule is CCCc1ncc(Cc2cc3cc(OC)ccc3nc2C(N)CN)c2cc(OC)c(OC)cc12. The largest absolute Gasteiger partial charge is 0.497 e. The molecule has 34 heavy (non-hydrogen) atoms. The van der Waals surface area contributed by atoms with Crippen molar-refractivity contribution in [3.05, 3.63) is 65.1 Å². The molecule has 2 heterocycles. The molecular formula is C27H32N4O3. The summed E-state index contributed by atoms with van der Waals surface area (Å²) < 4.78 is 16.6. The summed E-state index contributed by atoms with van der Waals surface area (Å²) in [5.74, 6) is 2.16. The third kappa shape index (κ3) is 4.49. The third-order valence-electron chi connectivity index (χ3n) is 6.16. The summed E-state index contributed by atoms with van der Waals surface area (Å²) in [6.07, 6.45) is 4.44. The molecule has 0 bridgehead atoms. The van der Waals surface area contributed by atoms with Crippen molar-refractivity contribution in [3.63, 3.8) is 0 Å². The summed E-state index contributed by atoms with van der Waals surface area (Å²) >= 11 is 0. The van der Waals surface area contributed by atoms with Gasteiger partial charge >= 0.3 is 0 Å². The molecule has 0 saturated carbocycles. The number of aryl methyl sites for hydroxylation is 1. The topological polar surface area (TPSA) is 106 Å². The normalized spacial score (nSPS) is 12.2. The van der Waals surface area contributed by atoms with Crippen molar-refractivity contribution < 1.29 is 14.2 Å². The van der Waals surface area contributed by atoms with E-state index in [1.54, 1.807) is 21.3 Å². The van der Waals surface area contributed by atoms with Gasteiger partial charge in [0.2, 0.25) is 0 Å². The monoisotopic (exact) mass is 460 g/mol. The second-order valence-electron chi connectivity index (χ2n) is 8.34. The number of fused-ring (bicyclic) bond motifs is 2. The lowest BCUT2D eigenvalue weighted by Gasteiger charge is -2.18. The number of aromatic nitrogens is 2. The molecule has 0 aliphatic heterocycles. The van der Waals surface area contributed by atoms with E-state index in [1.807, 2.05) is 36.5 Å². The molecular weight excluding hydrogens is 428 g/mol. The van der Waals surface area contributed by atoms with Crippen molar-refractivity contribution in [2.75, 3.05) is 27.9 Å². The molecule has 0 amide bonds. The Morgan fingerprint density at radius 3 is 2.29 bits per heavy atom. The van der Waals surface area contributed by atoms with E-state index in [-0.39, 0.29) is 6.04 Å². The predicted molar refractivity (Wildman–Crippen MR) is 136 cm³/mol. The lowest BCUT2D eigenvalue weighted by Crippen LogP contribution is -2.23. The van der Waals surface area contributed by atoms with Gasteiger partial charge in [0.1, 0.15) is 5.75 Å². The smallest absolute Gasteiger partial charge is 0.161 e. The summed E-state index contributed by atoms with van der Waals surface area (Å²) in [5.41, 5.74) is 17.1. The van der Waals surface area contributed by atoms with Crippen molar-refractivity contribution in [1.82, 2.24) is 9.97 Å². The lowest BCUT2D eigenvalue weighted by molar-refractivity contribution is 0.356. The molecule has 2 aromatic carbocycles. The van der Waals surface area contributed by atoms with Crippen molar-refractivity contribution in [1.29, 1.82) is 0 Å². The predicted octanol–water partition coefficient (Wildman–Crippen LogP) is 4.31. The maximum Gasteiger partial charge on any atom is 0.161 e. The van der Waals surface area contributed by atoms with Gasteiger partial charge in [-0.1, -0.05) is 13.3 Å². The van der Waals surface area contributed by atoms with E-state index in [0.717, 1.165) is 62.8 Å². The quantitative estimate of drug-likeness (QED) is 0.383. The van der Waals surface area contributed by atoms with Crippen molar-refractivity contribution in [3.8, 4) is 17.2 Å². The molecule has 4 rings (SSSR count). The van der Waals surface area contributed by atoms with Crippen LogP contribution in [0.3, 0.4) is 0 Å². The van der Waals surface area contributed by atoms with Crippen molar-refractivity contribution >= 4 is 21.7 Å². The second kappa shape index (κ2) is 10.2.